The van der Waals surface area contributed by atoms with Gasteiger partial charge >= 0.3 is 0 Å². The second kappa shape index (κ2) is 7.93. The summed E-state index contributed by atoms with van der Waals surface area (Å²) in [6.07, 6.45) is 8.02. The van der Waals surface area contributed by atoms with Crippen LogP contribution in [0.5, 0.6) is 0 Å². The average molecular weight is 367 g/mol. The van der Waals surface area contributed by atoms with E-state index in [2.05, 4.69) is 11.4 Å². The first-order valence-electron chi connectivity index (χ1n) is 8.36. The number of nitriles is 1. The molecule has 26 heavy (non-hydrogen) atoms. The summed E-state index contributed by atoms with van der Waals surface area (Å²) in [5, 5.41) is 23.7. The second-order valence-electron chi connectivity index (χ2n) is 6.06. The molecular weight excluding hydrogens is 350 g/mol. The monoisotopic (exact) mass is 367 g/mol. The zero-order valence-electron chi connectivity index (χ0n) is 14.0. The van der Waals surface area contributed by atoms with Gasteiger partial charge in [-0.05, 0) is 42.9 Å². The van der Waals surface area contributed by atoms with Crippen molar-refractivity contribution in [2.24, 2.45) is 0 Å². The molecule has 6 nitrogen and oxygen atoms in total. The number of amides is 1. The molecule has 1 aromatic carbocycles. The number of carbonyl (C=O) groups is 1. The predicted molar refractivity (Wildman–Crippen MR) is 101 cm³/mol. The number of carbonyl (C=O) groups excluding carboxylic acids is 1. The highest BCUT2D eigenvalue weighted by molar-refractivity contribution is 7.16. The number of fused-ring (bicyclic) bond motifs is 1. The third-order valence-electron chi connectivity index (χ3n) is 4.28. The molecule has 1 aliphatic carbocycles. The van der Waals surface area contributed by atoms with Gasteiger partial charge in [-0.25, -0.2) is 0 Å². The van der Waals surface area contributed by atoms with Crippen molar-refractivity contribution in [3.63, 3.8) is 0 Å². The standard InChI is InChI=1S/C19H17N3O3S/c20-12-16-15-7-2-1-3-8-17(15)26-19(16)21-18(23)10-9-13-5-4-6-14(11-13)22(24)25/h4-6,9-11H,1-3,7-8H2,(H,21,23)/b10-9+. The molecule has 1 amide bonds. The van der Waals surface area contributed by atoms with Crippen molar-refractivity contribution < 1.29 is 9.72 Å². The van der Waals surface area contributed by atoms with E-state index in [1.165, 1.54) is 46.9 Å². The zero-order valence-corrected chi connectivity index (χ0v) is 14.8. The Kier molecular flexibility index (Phi) is 5.44. The number of nitrogens with zero attached hydrogens (tertiary/aromatic N) is 2. The quantitative estimate of drug-likeness (QED) is 0.374. The normalized spacial score (nSPS) is 13.7. The van der Waals surface area contributed by atoms with E-state index in [0.717, 1.165) is 31.2 Å². The van der Waals surface area contributed by atoms with Crippen molar-refractivity contribution in [3.8, 4) is 6.07 Å². The molecule has 1 aliphatic rings. The lowest BCUT2D eigenvalue weighted by Gasteiger charge is -2.01. The van der Waals surface area contributed by atoms with Gasteiger partial charge in [0, 0.05) is 23.1 Å². The average Bonchev–Trinajstić information content (AvgIpc) is 2.79. The van der Waals surface area contributed by atoms with Gasteiger partial charge in [0.15, 0.2) is 0 Å². The van der Waals surface area contributed by atoms with Crippen molar-refractivity contribution in [2.45, 2.75) is 32.1 Å². The molecule has 1 N–H and O–H groups in total. The van der Waals surface area contributed by atoms with Crippen LogP contribution in [0.15, 0.2) is 30.3 Å². The molecule has 0 radical (unpaired) electrons. The van der Waals surface area contributed by atoms with Crippen LogP contribution in [-0.2, 0) is 17.6 Å². The SMILES string of the molecule is N#Cc1c(NC(=O)/C=C/c2cccc([N+](=O)[O-])c2)sc2c1CCCCC2. The molecule has 0 bridgehead atoms. The molecule has 1 heterocycles. The summed E-state index contributed by atoms with van der Waals surface area (Å²) < 4.78 is 0. The molecule has 0 atom stereocenters. The van der Waals surface area contributed by atoms with Crippen molar-refractivity contribution in [2.75, 3.05) is 5.32 Å². The number of nitro groups is 1. The molecule has 0 spiro atoms. The van der Waals surface area contributed by atoms with Gasteiger partial charge in [-0.2, -0.15) is 5.26 Å². The Balaban J connectivity index is 1.75. The summed E-state index contributed by atoms with van der Waals surface area (Å²) in [6, 6.07) is 8.28. The number of anilines is 1. The maximum atomic E-state index is 12.2. The molecule has 132 valence electrons. The van der Waals surface area contributed by atoms with Crippen LogP contribution < -0.4 is 5.32 Å². The minimum Gasteiger partial charge on any atom is -0.313 e. The molecule has 7 heteroatoms. The van der Waals surface area contributed by atoms with Gasteiger partial charge in [0.25, 0.3) is 5.69 Å². The summed E-state index contributed by atoms with van der Waals surface area (Å²) >= 11 is 1.48. The molecule has 0 unspecified atom stereocenters. The fourth-order valence-corrected chi connectivity index (χ4v) is 4.26. The Morgan fingerprint density at radius 3 is 2.88 bits per heavy atom. The van der Waals surface area contributed by atoms with Crippen LogP contribution in [-0.4, -0.2) is 10.8 Å². The lowest BCUT2D eigenvalue weighted by Crippen LogP contribution is -2.07. The number of hydrogen-bond acceptors (Lipinski definition) is 5. The molecule has 0 saturated carbocycles. The van der Waals surface area contributed by atoms with E-state index in [0.29, 0.717) is 16.1 Å². The Morgan fingerprint density at radius 1 is 1.31 bits per heavy atom. The van der Waals surface area contributed by atoms with Crippen LogP contribution in [0.25, 0.3) is 6.08 Å². The number of nitrogens with one attached hydrogen (secondary N) is 1. The fourth-order valence-electron chi connectivity index (χ4n) is 3.02. The predicted octanol–water partition coefficient (Wildman–Crippen LogP) is 4.45. The van der Waals surface area contributed by atoms with E-state index < -0.39 is 4.92 Å². The van der Waals surface area contributed by atoms with Gasteiger partial charge in [0.2, 0.25) is 5.91 Å². The van der Waals surface area contributed by atoms with Crippen molar-refractivity contribution in [1.29, 1.82) is 5.26 Å². The Hall–Kier alpha value is -2.98. The number of thiophene rings is 1. The van der Waals surface area contributed by atoms with Gasteiger partial charge in [-0.15, -0.1) is 11.3 Å². The highest BCUT2D eigenvalue weighted by Crippen LogP contribution is 2.36. The first kappa shape index (κ1) is 17.8. The summed E-state index contributed by atoms with van der Waals surface area (Å²) in [4.78, 5) is 23.7. The Morgan fingerprint density at radius 2 is 2.12 bits per heavy atom. The number of aryl methyl sites for hydroxylation is 1. The Labute approximate surface area is 154 Å². The topological polar surface area (TPSA) is 96.0 Å². The third kappa shape index (κ3) is 3.98. The third-order valence-corrected chi connectivity index (χ3v) is 5.49. The van der Waals surface area contributed by atoms with Gasteiger partial charge in [-0.1, -0.05) is 18.6 Å². The van der Waals surface area contributed by atoms with Crippen LogP contribution in [0.1, 0.15) is 40.8 Å². The van der Waals surface area contributed by atoms with Crippen LogP contribution in [0.4, 0.5) is 10.7 Å². The number of nitro benzene ring substituents is 1. The smallest absolute Gasteiger partial charge is 0.270 e. The van der Waals surface area contributed by atoms with Crippen molar-refractivity contribution in [3.05, 3.63) is 62.0 Å². The summed E-state index contributed by atoms with van der Waals surface area (Å²) in [5.74, 6) is -0.357. The van der Waals surface area contributed by atoms with Gasteiger partial charge in [0.05, 0.1) is 10.5 Å². The van der Waals surface area contributed by atoms with E-state index in [1.807, 2.05) is 0 Å². The maximum Gasteiger partial charge on any atom is 0.270 e. The summed E-state index contributed by atoms with van der Waals surface area (Å²) in [6.45, 7) is 0. The number of non-ortho nitro benzene ring substituents is 1. The number of benzene rings is 1. The maximum absolute atomic E-state index is 12.2. The lowest BCUT2D eigenvalue weighted by atomic mass is 10.1. The Bertz CT molecular complexity index is 925. The van der Waals surface area contributed by atoms with Crippen LogP contribution in [0, 0.1) is 21.4 Å². The number of rotatable bonds is 4. The molecule has 1 aromatic heterocycles. The van der Waals surface area contributed by atoms with E-state index >= 15 is 0 Å². The van der Waals surface area contributed by atoms with Crippen molar-refractivity contribution >= 4 is 34.0 Å². The van der Waals surface area contributed by atoms with Gasteiger partial charge in [-0.3, -0.25) is 14.9 Å². The van der Waals surface area contributed by atoms with Crippen LogP contribution >= 0.6 is 11.3 Å². The molecule has 2 aromatic rings. The second-order valence-corrected chi connectivity index (χ2v) is 7.16. The highest BCUT2D eigenvalue weighted by Gasteiger charge is 2.20. The van der Waals surface area contributed by atoms with Crippen LogP contribution in [0.3, 0.4) is 0 Å². The van der Waals surface area contributed by atoms with E-state index in [1.54, 1.807) is 12.1 Å². The van der Waals surface area contributed by atoms with Gasteiger partial charge in [0.1, 0.15) is 11.1 Å². The summed E-state index contributed by atoms with van der Waals surface area (Å²) in [5.41, 5.74) is 2.19. The van der Waals surface area contributed by atoms with Gasteiger partial charge < -0.3 is 5.32 Å². The highest BCUT2D eigenvalue weighted by atomic mass is 32.1. The van der Waals surface area contributed by atoms with E-state index in [9.17, 15) is 20.2 Å². The minimum atomic E-state index is -0.477. The first-order chi connectivity index (χ1) is 12.6. The lowest BCUT2D eigenvalue weighted by molar-refractivity contribution is -0.384. The molecule has 0 saturated heterocycles. The fraction of sp³-hybridized carbons (Fsp3) is 0.263. The number of hydrogen-bond donors (Lipinski definition) is 1. The molecule has 3 rings (SSSR count). The molecule has 0 aliphatic heterocycles. The summed E-state index contributed by atoms with van der Waals surface area (Å²) in [7, 11) is 0. The largest absolute Gasteiger partial charge is 0.313 e. The zero-order chi connectivity index (χ0) is 18.5. The molecular formula is C19H17N3O3S. The molecule has 0 fully saturated rings. The minimum absolute atomic E-state index is 0.0266. The van der Waals surface area contributed by atoms with E-state index in [-0.39, 0.29) is 11.6 Å². The van der Waals surface area contributed by atoms with E-state index in [4.69, 9.17) is 0 Å². The van der Waals surface area contributed by atoms with Crippen molar-refractivity contribution in [1.82, 2.24) is 0 Å². The first-order valence-corrected chi connectivity index (χ1v) is 9.18. The van der Waals surface area contributed by atoms with Crippen LogP contribution in [0.2, 0.25) is 0 Å².